The van der Waals surface area contributed by atoms with E-state index in [4.69, 9.17) is 10.5 Å². The molecule has 30 heavy (non-hydrogen) atoms. The monoisotopic (exact) mass is 410 g/mol. The fraction of sp³-hybridized carbons (Fsp3) is 0.318. The van der Waals surface area contributed by atoms with E-state index in [9.17, 15) is 14.4 Å². The SMILES string of the molecule is CCCNC(=O)[C@H]1CN([C@@H](C)C(=O)Nc2ccc(C(N)=O)cc2)c2ccccc2O1. The normalized spacial score (nSPS) is 16.1. The van der Waals surface area contributed by atoms with Crippen LogP contribution in [0.5, 0.6) is 5.75 Å². The zero-order chi connectivity index (χ0) is 21.7. The van der Waals surface area contributed by atoms with Gasteiger partial charge in [-0.25, -0.2) is 0 Å². The number of para-hydroxylation sites is 2. The summed E-state index contributed by atoms with van der Waals surface area (Å²) in [6.45, 7) is 4.57. The van der Waals surface area contributed by atoms with Crippen LogP contribution in [0.25, 0.3) is 0 Å². The minimum Gasteiger partial charge on any atom is -0.477 e. The third-order valence-corrected chi connectivity index (χ3v) is 4.93. The summed E-state index contributed by atoms with van der Waals surface area (Å²) in [5.74, 6) is -0.415. The summed E-state index contributed by atoms with van der Waals surface area (Å²) in [7, 11) is 0. The van der Waals surface area contributed by atoms with Gasteiger partial charge in [-0.15, -0.1) is 0 Å². The average Bonchev–Trinajstić information content (AvgIpc) is 2.76. The summed E-state index contributed by atoms with van der Waals surface area (Å²) < 4.78 is 5.88. The van der Waals surface area contributed by atoms with Crippen LogP contribution in [0.15, 0.2) is 48.5 Å². The zero-order valence-electron chi connectivity index (χ0n) is 17.1. The highest BCUT2D eigenvalue weighted by atomic mass is 16.5. The number of amides is 3. The van der Waals surface area contributed by atoms with Gasteiger partial charge in [-0.3, -0.25) is 14.4 Å². The zero-order valence-corrected chi connectivity index (χ0v) is 17.1. The van der Waals surface area contributed by atoms with E-state index >= 15 is 0 Å². The highest BCUT2D eigenvalue weighted by Crippen LogP contribution is 2.34. The van der Waals surface area contributed by atoms with Gasteiger partial charge in [0.2, 0.25) is 11.8 Å². The number of hydrogen-bond acceptors (Lipinski definition) is 5. The predicted molar refractivity (Wildman–Crippen MR) is 115 cm³/mol. The molecule has 0 aliphatic carbocycles. The second-order valence-corrected chi connectivity index (χ2v) is 7.12. The maximum atomic E-state index is 12.9. The molecule has 8 heteroatoms. The van der Waals surface area contributed by atoms with Crippen molar-refractivity contribution in [3.63, 3.8) is 0 Å². The van der Waals surface area contributed by atoms with E-state index < -0.39 is 18.1 Å². The molecule has 0 spiro atoms. The highest BCUT2D eigenvalue weighted by molar-refractivity contribution is 5.98. The fourth-order valence-electron chi connectivity index (χ4n) is 3.23. The first-order valence-electron chi connectivity index (χ1n) is 9.91. The first-order valence-corrected chi connectivity index (χ1v) is 9.91. The van der Waals surface area contributed by atoms with Gasteiger partial charge in [0.25, 0.3) is 5.91 Å². The average molecular weight is 410 g/mol. The molecule has 0 fully saturated rings. The van der Waals surface area contributed by atoms with Crippen LogP contribution in [0.2, 0.25) is 0 Å². The van der Waals surface area contributed by atoms with Gasteiger partial charge < -0.3 is 26.0 Å². The van der Waals surface area contributed by atoms with Crippen LogP contribution in [0.1, 0.15) is 30.6 Å². The minimum atomic E-state index is -0.712. The van der Waals surface area contributed by atoms with Gasteiger partial charge >= 0.3 is 0 Å². The van der Waals surface area contributed by atoms with Crippen molar-refractivity contribution in [2.45, 2.75) is 32.4 Å². The van der Waals surface area contributed by atoms with Crippen molar-refractivity contribution in [1.82, 2.24) is 5.32 Å². The first-order chi connectivity index (χ1) is 14.4. The number of nitrogens with one attached hydrogen (secondary N) is 2. The van der Waals surface area contributed by atoms with Gasteiger partial charge in [0.15, 0.2) is 6.10 Å². The van der Waals surface area contributed by atoms with Crippen LogP contribution < -0.4 is 26.0 Å². The van der Waals surface area contributed by atoms with Crippen molar-refractivity contribution >= 4 is 29.1 Å². The standard InChI is InChI=1S/C22H26N4O4/c1-3-12-24-22(29)19-13-26(17-6-4-5-7-18(17)30-19)14(2)21(28)25-16-10-8-15(9-11-16)20(23)27/h4-11,14,19H,3,12-13H2,1-2H3,(H2,23,27)(H,24,29)(H,25,28)/t14-,19+/m0/s1. The van der Waals surface area contributed by atoms with Gasteiger partial charge in [-0.1, -0.05) is 19.1 Å². The molecule has 3 rings (SSSR count). The lowest BCUT2D eigenvalue weighted by Gasteiger charge is -2.38. The summed E-state index contributed by atoms with van der Waals surface area (Å²) in [4.78, 5) is 38.4. The molecule has 0 saturated heterocycles. The molecule has 1 aliphatic rings. The summed E-state index contributed by atoms with van der Waals surface area (Å²) in [5, 5.41) is 5.69. The third kappa shape index (κ3) is 4.71. The minimum absolute atomic E-state index is 0.203. The Bertz CT molecular complexity index is 929. The Labute approximate surface area is 175 Å². The number of fused-ring (bicyclic) bond motifs is 1. The van der Waals surface area contributed by atoms with Crippen molar-refractivity contribution < 1.29 is 19.1 Å². The summed E-state index contributed by atoms with van der Waals surface area (Å²) in [6.07, 6.45) is 0.114. The van der Waals surface area contributed by atoms with Crippen molar-refractivity contribution in [2.75, 3.05) is 23.3 Å². The summed E-state index contributed by atoms with van der Waals surface area (Å²) in [5.41, 5.74) is 6.92. The van der Waals surface area contributed by atoms with Crippen molar-refractivity contribution in [3.8, 4) is 5.75 Å². The van der Waals surface area contributed by atoms with Crippen LogP contribution in [0.3, 0.4) is 0 Å². The van der Waals surface area contributed by atoms with Gasteiger partial charge in [0, 0.05) is 17.8 Å². The molecule has 158 valence electrons. The number of rotatable bonds is 7. The van der Waals surface area contributed by atoms with Crippen molar-refractivity contribution in [3.05, 3.63) is 54.1 Å². The number of nitrogens with zero attached hydrogens (tertiary/aromatic N) is 1. The van der Waals surface area contributed by atoms with E-state index in [1.807, 2.05) is 30.0 Å². The molecule has 0 radical (unpaired) electrons. The van der Waals surface area contributed by atoms with Crippen LogP contribution in [0.4, 0.5) is 11.4 Å². The van der Waals surface area contributed by atoms with E-state index in [1.165, 1.54) is 0 Å². The molecule has 1 heterocycles. The lowest BCUT2D eigenvalue weighted by Crippen LogP contribution is -2.54. The number of primary amides is 1. The number of carbonyl (C=O) groups excluding carboxylic acids is 3. The molecule has 8 nitrogen and oxygen atoms in total. The molecule has 2 aromatic carbocycles. The quantitative estimate of drug-likeness (QED) is 0.645. The van der Waals surface area contributed by atoms with E-state index in [2.05, 4.69) is 10.6 Å². The molecule has 0 unspecified atom stereocenters. The van der Waals surface area contributed by atoms with Crippen LogP contribution in [0, 0.1) is 0 Å². The number of hydrogen-bond donors (Lipinski definition) is 3. The Hall–Kier alpha value is -3.55. The number of benzene rings is 2. The highest BCUT2D eigenvalue weighted by Gasteiger charge is 2.34. The Kier molecular flexibility index (Phi) is 6.56. The summed E-state index contributed by atoms with van der Waals surface area (Å²) >= 11 is 0. The fourth-order valence-corrected chi connectivity index (χ4v) is 3.23. The molecular formula is C22H26N4O4. The van der Waals surface area contributed by atoms with Gasteiger partial charge in [0.05, 0.1) is 12.2 Å². The second kappa shape index (κ2) is 9.30. The molecule has 3 amide bonds. The maximum absolute atomic E-state index is 12.9. The molecule has 4 N–H and O–H groups in total. The Morgan fingerprint density at radius 2 is 1.87 bits per heavy atom. The van der Waals surface area contributed by atoms with Gasteiger partial charge in [0.1, 0.15) is 11.8 Å². The topological polar surface area (TPSA) is 114 Å². The second-order valence-electron chi connectivity index (χ2n) is 7.12. The summed E-state index contributed by atoms with van der Waals surface area (Å²) in [6, 6.07) is 13.1. The number of nitrogens with two attached hydrogens (primary N) is 1. The van der Waals surface area contributed by atoms with E-state index in [1.54, 1.807) is 37.3 Å². The molecule has 0 saturated carbocycles. The van der Waals surface area contributed by atoms with E-state index in [0.717, 1.165) is 12.1 Å². The number of ether oxygens (including phenoxy) is 1. The van der Waals surface area contributed by atoms with Crippen molar-refractivity contribution in [1.29, 1.82) is 0 Å². The van der Waals surface area contributed by atoms with Crippen LogP contribution >= 0.6 is 0 Å². The maximum Gasteiger partial charge on any atom is 0.262 e. The Balaban J connectivity index is 1.76. The number of carbonyl (C=O) groups is 3. The lowest BCUT2D eigenvalue weighted by atomic mass is 10.1. The van der Waals surface area contributed by atoms with E-state index in [-0.39, 0.29) is 18.4 Å². The van der Waals surface area contributed by atoms with Gasteiger partial charge in [-0.2, -0.15) is 0 Å². The molecule has 2 atom stereocenters. The number of anilines is 2. The Morgan fingerprint density at radius 1 is 1.17 bits per heavy atom. The first kappa shape index (κ1) is 21.2. The lowest BCUT2D eigenvalue weighted by molar-refractivity contribution is -0.128. The third-order valence-electron chi connectivity index (χ3n) is 4.93. The van der Waals surface area contributed by atoms with Crippen molar-refractivity contribution in [2.24, 2.45) is 5.73 Å². The molecule has 0 aromatic heterocycles. The van der Waals surface area contributed by atoms with Crippen LogP contribution in [-0.2, 0) is 9.59 Å². The predicted octanol–water partition coefficient (Wildman–Crippen LogP) is 1.91. The Morgan fingerprint density at radius 3 is 2.53 bits per heavy atom. The van der Waals surface area contributed by atoms with Crippen LogP contribution in [-0.4, -0.2) is 43.0 Å². The smallest absolute Gasteiger partial charge is 0.262 e. The molecular weight excluding hydrogens is 384 g/mol. The molecule has 0 bridgehead atoms. The van der Waals surface area contributed by atoms with E-state index in [0.29, 0.717) is 23.5 Å². The molecule has 2 aromatic rings. The molecule has 1 aliphatic heterocycles. The van der Waals surface area contributed by atoms with Gasteiger partial charge in [-0.05, 0) is 49.7 Å². The largest absolute Gasteiger partial charge is 0.477 e.